The van der Waals surface area contributed by atoms with E-state index in [0.717, 1.165) is 18.9 Å². The number of thiazole rings is 1. The van der Waals surface area contributed by atoms with E-state index in [9.17, 15) is 0 Å². The third kappa shape index (κ3) is 3.27. The van der Waals surface area contributed by atoms with Crippen molar-refractivity contribution in [3.63, 3.8) is 0 Å². The molecule has 0 aromatic carbocycles. The molecule has 0 saturated carbocycles. The molecule has 0 aliphatic carbocycles. The summed E-state index contributed by atoms with van der Waals surface area (Å²) in [5.74, 6) is 0.897. The van der Waals surface area contributed by atoms with Crippen LogP contribution in [0.1, 0.15) is 42.3 Å². The van der Waals surface area contributed by atoms with Crippen molar-refractivity contribution in [1.82, 2.24) is 9.88 Å². The van der Waals surface area contributed by atoms with Gasteiger partial charge in [0.1, 0.15) is 5.01 Å². The first-order valence-electron chi connectivity index (χ1n) is 6.62. The zero-order valence-electron chi connectivity index (χ0n) is 10.9. The number of aromatic nitrogens is 1. The molecular weight excluding hydrogens is 230 g/mol. The summed E-state index contributed by atoms with van der Waals surface area (Å²) in [5, 5.41) is 1.25. The van der Waals surface area contributed by atoms with Gasteiger partial charge in [-0.25, -0.2) is 4.98 Å². The lowest BCUT2D eigenvalue weighted by atomic mass is 9.99. The Labute approximate surface area is 108 Å². The van der Waals surface area contributed by atoms with E-state index in [1.807, 2.05) is 0 Å². The summed E-state index contributed by atoms with van der Waals surface area (Å²) in [7, 11) is 0. The summed E-state index contributed by atoms with van der Waals surface area (Å²) in [6.07, 6.45) is 3.66. The minimum Gasteiger partial charge on any atom is -0.326 e. The monoisotopic (exact) mass is 253 g/mol. The quantitative estimate of drug-likeness (QED) is 0.896. The fourth-order valence-electron chi connectivity index (χ4n) is 2.35. The lowest BCUT2D eigenvalue weighted by molar-refractivity contribution is 0.185. The molecule has 0 bridgehead atoms. The first kappa shape index (κ1) is 13.0. The van der Waals surface area contributed by atoms with Gasteiger partial charge in [0.25, 0.3) is 0 Å². The van der Waals surface area contributed by atoms with Crippen LogP contribution in [0.25, 0.3) is 0 Å². The van der Waals surface area contributed by atoms with Crippen LogP contribution in [0.2, 0.25) is 0 Å². The normalized spacial score (nSPS) is 18.8. The van der Waals surface area contributed by atoms with E-state index < -0.39 is 0 Å². The van der Waals surface area contributed by atoms with Gasteiger partial charge in [-0.1, -0.05) is 13.8 Å². The Morgan fingerprint density at radius 3 is 2.65 bits per heavy atom. The van der Waals surface area contributed by atoms with Crippen molar-refractivity contribution >= 4 is 11.3 Å². The zero-order valence-corrected chi connectivity index (χ0v) is 11.7. The fraction of sp³-hybridized carbons (Fsp3) is 0.769. The van der Waals surface area contributed by atoms with Crippen LogP contribution < -0.4 is 5.73 Å². The Bertz CT molecular complexity index is 332. The summed E-state index contributed by atoms with van der Waals surface area (Å²) in [4.78, 5) is 8.51. The fourth-order valence-corrected chi connectivity index (χ4v) is 3.43. The molecule has 0 amide bonds. The zero-order chi connectivity index (χ0) is 12.3. The number of rotatable bonds is 4. The van der Waals surface area contributed by atoms with Crippen molar-refractivity contribution in [3.8, 4) is 0 Å². The van der Waals surface area contributed by atoms with Gasteiger partial charge in [-0.2, -0.15) is 0 Å². The molecule has 1 fully saturated rings. The van der Waals surface area contributed by atoms with Gasteiger partial charge in [0.05, 0.1) is 12.2 Å². The number of piperidine rings is 1. The summed E-state index contributed by atoms with van der Waals surface area (Å²) < 4.78 is 0. The highest BCUT2D eigenvalue weighted by molar-refractivity contribution is 7.11. The molecule has 2 rings (SSSR count). The van der Waals surface area contributed by atoms with Crippen LogP contribution in [-0.4, -0.2) is 23.0 Å². The minimum atomic E-state index is 0.637. The van der Waals surface area contributed by atoms with Crippen molar-refractivity contribution < 1.29 is 0 Å². The number of hydrogen-bond acceptors (Lipinski definition) is 4. The van der Waals surface area contributed by atoms with Crippen LogP contribution in [0, 0.1) is 5.92 Å². The topological polar surface area (TPSA) is 42.2 Å². The van der Waals surface area contributed by atoms with Gasteiger partial charge in [0.2, 0.25) is 0 Å². The second-order valence-corrected chi connectivity index (χ2v) is 6.16. The van der Waals surface area contributed by atoms with Crippen LogP contribution >= 0.6 is 11.3 Å². The standard InChI is InChI=1S/C13H23N3S/c1-3-11-12(8-14)17-13(15-11)9-16-6-4-10(2)5-7-16/h10H,3-9,14H2,1-2H3. The first-order valence-corrected chi connectivity index (χ1v) is 7.44. The predicted molar refractivity (Wildman–Crippen MR) is 73.1 cm³/mol. The molecule has 0 atom stereocenters. The Balaban J connectivity index is 1.96. The summed E-state index contributed by atoms with van der Waals surface area (Å²) in [5.41, 5.74) is 6.95. The van der Waals surface area contributed by atoms with Crippen LogP contribution in [0.5, 0.6) is 0 Å². The molecule has 1 saturated heterocycles. The number of nitrogens with zero attached hydrogens (tertiary/aromatic N) is 2. The van der Waals surface area contributed by atoms with E-state index in [1.165, 1.54) is 41.5 Å². The third-order valence-corrected chi connectivity index (χ3v) is 4.68. The Morgan fingerprint density at radius 2 is 2.12 bits per heavy atom. The van der Waals surface area contributed by atoms with Gasteiger partial charge in [0.15, 0.2) is 0 Å². The van der Waals surface area contributed by atoms with Gasteiger partial charge in [-0.05, 0) is 38.3 Å². The van der Waals surface area contributed by atoms with E-state index in [4.69, 9.17) is 10.7 Å². The lowest BCUT2D eigenvalue weighted by Crippen LogP contribution is -2.32. The maximum absolute atomic E-state index is 5.75. The number of likely N-dealkylation sites (tertiary alicyclic amines) is 1. The summed E-state index contributed by atoms with van der Waals surface area (Å²) in [6.45, 7) is 8.60. The third-order valence-electron chi connectivity index (χ3n) is 3.58. The smallest absolute Gasteiger partial charge is 0.107 e. The van der Waals surface area contributed by atoms with Gasteiger partial charge in [-0.3, -0.25) is 4.90 Å². The molecule has 1 aromatic heterocycles. The van der Waals surface area contributed by atoms with Crippen molar-refractivity contribution in [2.75, 3.05) is 13.1 Å². The molecule has 2 N–H and O–H groups in total. The highest BCUT2D eigenvalue weighted by Crippen LogP contribution is 2.23. The summed E-state index contributed by atoms with van der Waals surface area (Å²) in [6, 6.07) is 0. The second kappa shape index (κ2) is 5.94. The average molecular weight is 253 g/mol. The van der Waals surface area contributed by atoms with Crippen LogP contribution in [0.4, 0.5) is 0 Å². The van der Waals surface area contributed by atoms with E-state index in [1.54, 1.807) is 11.3 Å². The molecular formula is C13H23N3S. The van der Waals surface area contributed by atoms with E-state index in [0.29, 0.717) is 6.54 Å². The summed E-state index contributed by atoms with van der Waals surface area (Å²) >= 11 is 1.80. The maximum atomic E-state index is 5.75. The molecule has 4 heteroatoms. The molecule has 17 heavy (non-hydrogen) atoms. The van der Waals surface area contributed by atoms with Crippen molar-refractivity contribution in [2.45, 2.75) is 46.2 Å². The Hall–Kier alpha value is -0.450. The largest absolute Gasteiger partial charge is 0.326 e. The van der Waals surface area contributed by atoms with Crippen LogP contribution in [0.3, 0.4) is 0 Å². The second-order valence-electron chi connectivity index (χ2n) is 4.99. The number of hydrogen-bond donors (Lipinski definition) is 1. The Kier molecular flexibility index (Phi) is 4.54. The Morgan fingerprint density at radius 1 is 1.41 bits per heavy atom. The maximum Gasteiger partial charge on any atom is 0.107 e. The molecule has 0 unspecified atom stereocenters. The first-order chi connectivity index (χ1) is 8.22. The van der Waals surface area contributed by atoms with Gasteiger partial charge in [0, 0.05) is 11.4 Å². The van der Waals surface area contributed by atoms with Crippen LogP contribution in [0.15, 0.2) is 0 Å². The number of nitrogens with two attached hydrogens (primary N) is 1. The molecule has 0 radical (unpaired) electrons. The number of aryl methyl sites for hydroxylation is 1. The SMILES string of the molecule is CCc1nc(CN2CCC(C)CC2)sc1CN. The predicted octanol–water partition coefficient (Wildman–Crippen LogP) is 2.40. The van der Waals surface area contributed by atoms with Crippen molar-refractivity contribution in [3.05, 3.63) is 15.6 Å². The molecule has 96 valence electrons. The molecule has 1 aliphatic rings. The van der Waals surface area contributed by atoms with Gasteiger partial charge >= 0.3 is 0 Å². The minimum absolute atomic E-state index is 0.637. The average Bonchev–Trinajstić information content (AvgIpc) is 2.74. The highest BCUT2D eigenvalue weighted by atomic mass is 32.1. The van der Waals surface area contributed by atoms with E-state index >= 15 is 0 Å². The van der Waals surface area contributed by atoms with Gasteiger partial charge in [-0.15, -0.1) is 11.3 Å². The van der Waals surface area contributed by atoms with E-state index in [2.05, 4.69) is 18.7 Å². The molecule has 3 nitrogen and oxygen atoms in total. The van der Waals surface area contributed by atoms with Crippen LogP contribution in [-0.2, 0) is 19.5 Å². The lowest BCUT2D eigenvalue weighted by Gasteiger charge is -2.29. The molecule has 1 aliphatic heterocycles. The molecule has 1 aromatic rings. The van der Waals surface area contributed by atoms with E-state index in [-0.39, 0.29) is 0 Å². The highest BCUT2D eigenvalue weighted by Gasteiger charge is 2.17. The van der Waals surface area contributed by atoms with Crippen molar-refractivity contribution in [1.29, 1.82) is 0 Å². The molecule has 2 heterocycles. The van der Waals surface area contributed by atoms with Gasteiger partial charge < -0.3 is 5.73 Å². The molecule has 0 spiro atoms. The van der Waals surface area contributed by atoms with Crippen molar-refractivity contribution in [2.24, 2.45) is 11.7 Å².